The topological polar surface area (TPSA) is 72.5 Å². The number of nitrogens with one attached hydrogen (secondary N) is 1. The van der Waals surface area contributed by atoms with Crippen LogP contribution in [0.2, 0.25) is 0 Å². The maximum Gasteiger partial charge on any atom is 0.291 e. The lowest BCUT2D eigenvalue weighted by molar-refractivity contribution is 0.0995. The van der Waals surface area contributed by atoms with E-state index in [9.17, 15) is 9.59 Å². The first-order valence-corrected chi connectivity index (χ1v) is 9.94. The third-order valence-corrected chi connectivity index (χ3v) is 5.37. The molecule has 3 aromatic carbocycles. The molecule has 1 amide bonds. The highest BCUT2D eigenvalue weighted by Crippen LogP contribution is 2.30. The van der Waals surface area contributed by atoms with Gasteiger partial charge in [-0.1, -0.05) is 48.0 Å². The minimum Gasteiger partial charge on any atom is -0.452 e. The van der Waals surface area contributed by atoms with Gasteiger partial charge in [0, 0.05) is 33.7 Å². The van der Waals surface area contributed by atoms with E-state index in [1.807, 2.05) is 56.3 Å². The van der Waals surface area contributed by atoms with Gasteiger partial charge in [-0.3, -0.25) is 9.59 Å². The third kappa shape index (κ3) is 3.40. The number of benzene rings is 3. The van der Waals surface area contributed by atoms with Crippen molar-refractivity contribution in [2.75, 3.05) is 5.32 Å². The second-order valence-electron chi connectivity index (χ2n) is 7.56. The van der Waals surface area contributed by atoms with Crippen molar-refractivity contribution in [3.05, 3.63) is 101 Å². The van der Waals surface area contributed by atoms with Crippen LogP contribution in [0.25, 0.3) is 21.9 Å². The molecule has 2 aromatic heterocycles. The van der Waals surface area contributed by atoms with E-state index in [1.54, 1.807) is 30.3 Å². The van der Waals surface area contributed by atoms with Crippen molar-refractivity contribution >= 4 is 39.3 Å². The molecule has 2 heterocycles. The Morgan fingerprint density at radius 3 is 2.35 bits per heavy atom. The second kappa shape index (κ2) is 7.29. The SMILES string of the molecule is Cc1ccc(C(=O)c2oc3cc(NC(=O)c4cc5ccccc5o4)ccc3c2C)cc1. The van der Waals surface area contributed by atoms with Gasteiger partial charge in [0.2, 0.25) is 5.78 Å². The van der Waals surface area contributed by atoms with Gasteiger partial charge in [-0.2, -0.15) is 0 Å². The van der Waals surface area contributed by atoms with Crippen molar-refractivity contribution < 1.29 is 18.4 Å². The van der Waals surface area contributed by atoms with E-state index >= 15 is 0 Å². The standard InChI is InChI=1S/C26H19NO4/c1-15-7-9-17(10-8-15)24(28)25-16(2)20-12-11-19(14-22(20)31-25)27-26(29)23-13-18-5-3-4-6-21(18)30-23/h3-14H,1-2H3,(H,27,29). The van der Waals surface area contributed by atoms with Crippen molar-refractivity contribution in [1.82, 2.24) is 0 Å². The molecule has 0 bridgehead atoms. The number of amides is 1. The number of para-hydroxylation sites is 1. The number of fused-ring (bicyclic) bond motifs is 2. The lowest BCUT2D eigenvalue weighted by Crippen LogP contribution is -2.10. The van der Waals surface area contributed by atoms with Gasteiger partial charge in [-0.15, -0.1) is 0 Å². The van der Waals surface area contributed by atoms with E-state index < -0.39 is 0 Å². The molecular formula is C26H19NO4. The first-order valence-electron chi connectivity index (χ1n) is 9.94. The summed E-state index contributed by atoms with van der Waals surface area (Å²) >= 11 is 0. The fourth-order valence-electron chi connectivity index (χ4n) is 3.64. The number of hydrogen-bond donors (Lipinski definition) is 1. The average molecular weight is 409 g/mol. The molecule has 1 N–H and O–H groups in total. The van der Waals surface area contributed by atoms with E-state index in [-0.39, 0.29) is 17.5 Å². The molecule has 0 spiro atoms. The van der Waals surface area contributed by atoms with E-state index in [2.05, 4.69) is 5.32 Å². The van der Waals surface area contributed by atoms with Crippen LogP contribution in [0.3, 0.4) is 0 Å². The monoisotopic (exact) mass is 409 g/mol. The summed E-state index contributed by atoms with van der Waals surface area (Å²) in [6.07, 6.45) is 0. The fourth-order valence-corrected chi connectivity index (χ4v) is 3.64. The Morgan fingerprint density at radius 1 is 0.806 bits per heavy atom. The minimum atomic E-state index is -0.352. The molecule has 5 nitrogen and oxygen atoms in total. The van der Waals surface area contributed by atoms with Gasteiger partial charge in [-0.25, -0.2) is 0 Å². The molecule has 0 saturated carbocycles. The number of aryl methyl sites for hydroxylation is 2. The lowest BCUT2D eigenvalue weighted by atomic mass is 10.0. The maximum atomic E-state index is 12.9. The van der Waals surface area contributed by atoms with Gasteiger partial charge in [0.15, 0.2) is 11.5 Å². The molecule has 0 unspecified atom stereocenters. The van der Waals surface area contributed by atoms with Gasteiger partial charge >= 0.3 is 0 Å². The van der Waals surface area contributed by atoms with Crippen LogP contribution in [-0.2, 0) is 0 Å². The normalized spacial score (nSPS) is 11.2. The zero-order chi connectivity index (χ0) is 21.5. The second-order valence-corrected chi connectivity index (χ2v) is 7.56. The number of carbonyl (C=O) groups is 2. The van der Waals surface area contributed by atoms with E-state index in [1.165, 1.54) is 0 Å². The maximum absolute atomic E-state index is 12.9. The molecule has 31 heavy (non-hydrogen) atoms. The molecule has 0 radical (unpaired) electrons. The number of ketones is 1. The van der Waals surface area contributed by atoms with E-state index in [0.717, 1.165) is 21.9 Å². The molecule has 0 saturated heterocycles. The lowest BCUT2D eigenvalue weighted by Gasteiger charge is -2.02. The molecule has 152 valence electrons. The zero-order valence-electron chi connectivity index (χ0n) is 17.1. The predicted molar refractivity (Wildman–Crippen MR) is 120 cm³/mol. The Hall–Kier alpha value is -4.12. The third-order valence-electron chi connectivity index (χ3n) is 5.37. The van der Waals surface area contributed by atoms with Crippen LogP contribution in [0, 0.1) is 13.8 Å². The molecule has 0 atom stereocenters. The van der Waals surface area contributed by atoms with Crippen LogP contribution in [0.15, 0.2) is 81.6 Å². The van der Waals surface area contributed by atoms with Crippen molar-refractivity contribution in [1.29, 1.82) is 0 Å². The smallest absolute Gasteiger partial charge is 0.291 e. The first-order chi connectivity index (χ1) is 15.0. The van der Waals surface area contributed by atoms with Crippen molar-refractivity contribution in [2.24, 2.45) is 0 Å². The highest BCUT2D eigenvalue weighted by atomic mass is 16.3. The number of furan rings is 2. The number of rotatable bonds is 4. The van der Waals surface area contributed by atoms with Crippen LogP contribution in [0.1, 0.15) is 37.8 Å². The molecule has 0 fully saturated rings. The van der Waals surface area contributed by atoms with Gasteiger partial charge in [0.25, 0.3) is 5.91 Å². The summed E-state index contributed by atoms with van der Waals surface area (Å²) in [6, 6.07) is 21.9. The molecular weight excluding hydrogens is 390 g/mol. The zero-order valence-corrected chi connectivity index (χ0v) is 17.1. The van der Waals surface area contributed by atoms with E-state index in [4.69, 9.17) is 8.83 Å². The Morgan fingerprint density at radius 2 is 1.58 bits per heavy atom. The first kappa shape index (κ1) is 18.9. The molecule has 0 aliphatic rings. The molecule has 5 heteroatoms. The predicted octanol–water partition coefficient (Wildman–Crippen LogP) is 6.28. The average Bonchev–Trinajstić information content (AvgIpc) is 3.35. The quantitative estimate of drug-likeness (QED) is 0.355. The summed E-state index contributed by atoms with van der Waals surface area (Å²) < 4.78 is 11.5. The van der Waals surface area contributed by atoms with Gasteiger partial charge in [0.05, 0.1) is 0 Å². The Bertz CT molecular complexity index is 1420. The Kier molecular flexibility index (Phi) is 4.44. The number of hydrogen-bond acceptors (Lipinski definition) is 4. The van der Waals surface area contributed by atoms with Crippen molar-refractivity contribution in [3.8, 4) is 0 Å². The van der Waals surface area contributed by atoms with Crippen LogP contribution in [0.5, 0.6) is 0 Å². The van der Waals surface area contributed by atoms with E-state index in [0.29, 0.717) is 28.2 Å². The summed E-state index contributed by atoms with van der Waals surface area (Å²) in [5, 5.41) is 4.53. The van der Waals surface area contributed by atoms with Crippen LogP contribution in [-0.4, -0.2) is 11.7 Å². The molecule has 0 aliphatic heterocycles. The highest BCUT2D eigenvalue weighted by Gasteiger charge is 2.20. The van der Waals surface area contributed by atoms with Crippen molar-refractivity contribution in [3.63, 3.8) is 0 Å². The summed E-state index contributed by atoms with van der Waals surface area (Å²) in [7, 11) is 0. The minimum absolute atomic E-state index is 0.165. The highest BCUT2D eigenvalue weighted by molar-refractivity contribution is 6.11. The fraction of sp³-hybridized carbons (Fsp3) is 0.0769. The molecule has 5 aromatic rings. The summed E-state index contributed by atoms with van der Waals surface area (Å²) in [5.41, 5.74) is 4.19. The number of anilines is 1. The Labute approximate surface area is 178 Å². The Balaban J connectivity index is 1.44. The molecule has 5 rings (SSSR count). The van der Waals surface area contributed by atoms with Gasteiger partial charge in [-0.05, 0) is 38.1 Å². The summed E-state index contributed by atoms with van der Waals surface area (Å²) in [4.78, 5) is 25.5. The number of carbonyl (C=O) groups excluding carboxylic acids is 2. The van der Waals surface area contributed by atoms with Gasteiger partial charge in [0.1, 0.15) is 11.2 Å². The largest absolute Gasteiger partial charge is 0.452 e. The van der Waals surface area contributed by atoms with Crippen LogP contribution >= 0.6 is 0 Å². The summed E-state index contributed by atoms with van der Waals surface area (Å²) in [5.74, 6) is 0.0168. The van der Waals surface area contributed by atoms with Crippen LogP contribution < -0.4 is 5.32 Å². The molecule has 0 aliphatic carbocycles. The van der Waals surface area contributed by atoms with Gasteiger partial charge < -0.3 is 14.2 Å². The van der Waals surface area contributed by atoms with Crippen molar-refractivity contribution in [2.45, 2.75) is 13.8 Å². The van der Waals surface area contributed by atoms with Crippen LogP contribution in [0.4, 0.5) is 5.69 Å². The summed E-state index contributed by atoms with van der Waals surface area (Å²) in [6.45, 7) is 3.84.